The van der Waals surface area contributed by atoms with Crippen molar-refractivity contribution in [1.82, 2.24) is 19.7 Å². The minimum atomic E-state index is -0.466. The second-order valence-electron chi connectivity index (χ2n) is 5.90. The van der Waals surface area contributed by atoms with Crippen LogP contribution in [0.25, 0.3) is 5.95 Å². The number of nitrogens with one attached hydrogen (secondary N) is 1. The highest BCUT2D eigenvalue weighted by Crippen LogP contribution is 2.24. The van der Waals surface area contributed by atoms with Gasteiger partial charge in [0.1, 0.15) is 17.5 Å². The summed E-state index contributed by atoms with van der Waals surface area (Å²) >= 11 is 5.84. The van der Waals surface area contributed by atoms with Crippen LogP contribution in [0.1, 0.15) is 11.4 Å². The third kappa shape index (κ3) is 3.71. The number of aromatic nitrogens is 4. The van der Waals surface area contributed by atoms with Gasteiger partial charge in [-0.25, -0.2) is 9.07 Å². The van der Waals surface area contributed by atoms with Gasteiger partial charge in [-0.15, -0.1) is 0 Å². The van der Waals surface area contributed by atoms with Crippen LogP contribution in [0, 0.1) is 19.7 Å². The van der Waals surface area contributed by atoms with E-state index in [0.717, 1.165) is 11.4 Å². The van der Waals surface area contributed by atoms with Gasteiger partial charge < -0.3 is 10.2 Å². The van der Waals surface area contributed by atoms with Crippen molar-refractivity contribution in [3.05, 3.63) is 52.6 Å². The summed E-state index contributed by atoms with van der Waals surface area (Å²) in [4.78, 5) is 10.9. The zero-order valence-electron chi connectivity index (χ0n) is 14.4. The molecule has 1 aromatic carbocycles. The maximum absolute atomic E-state index is 13.3. The van der Waals surface area contributed by atoms with Crippen LogP contribution in [-0.4, -0.2) is 33.8 Å². The molecule has 3 aromatic rings. The van der Waals surface area contributed by atoms with Gasteiger partial charge in [-0.3, -0.25) is 0 Å². The largest absolute Gasteiger partial charge is 0.363 e. The summed E-state index contributed by atoms with van der Waals surface area (Å²) in [6, 6.07) is 8.17. The predicted molar refractivity (Wildman–Crippen MR) is 97.6 cm³/mol. The summed E-state index contributed by atoms with van der Waals surface area (Å²) in [5, 5.41) is 7.61. The zero-order valence-corrected chi connectivity index (χ0v) is 15.1. The summed E-state index contributed by atoms with van der Waals surface area (Å²) < 4.78 is 15.0. The first kappa shape index (κ1) is 17.2. The molecule has 0 bridgehead atoms. The van der Waals surface area contributed by atoms with Gasteiger partial charge in [0.05, 0.1) is 10.7 Å². The average molecular weight is 361 g/mol. The van der Waals surface area contributed by atoms with Crippen LogP contribution in [0.2, 0.25) is 5.02 Å². The van der Waals surface area contributed by atoms with E-state index in [9.17, 15) is 4.39 Å². The van der Waals surface area contributed by atoms with E-state index in [1.807, 2.05) is 38.9 Å². The topological polar surface area (TPSA) is 58.9 Å². The van der Waals surface area contributed by atoms with Crippen molar-refractivity contribution in [3.8, 4) is 5.95 Å². The molecule has 25 heavy (non-hydrogen) atoms. The van der Waals surface area contributed by atoms with Crippen LogP contribution in [0.15, 0.2) is 30.3 Å². The fraction of sp³-hybridized carbons (Fsp3) is 0.235. The quantitative estimate of drug-likeness (QED) is 0.765. The van der Waals surface area contributed by atoms with Crippen LogP contribution in [0.4, 0.5) is 21.7 Å². The lowest BCUT2D eigenvalue weighted by molar-refractivity contribution is 0.628. The number of halogens is 2. The van der Waals surface area contributed by atoms with Crippen molar-refractivity contribution in [2.45, 2.75) is 13.8 Å². The van der Waals surface area contributed by atoms with Gasteiger partial charge >= 0.3 is 0 Å². The van der Waals surface area contributed by atoms with E-state index < -0.39 is 5.82 Å². The Morgan fingerprint density at radius 2 is 1.88 bits per heavy atom. The number of anilines is 3. The van der Waals surface area contributed by atoms with E-state index in [0.29, 0.717) is 23.3 Å². The molecule has 0 aliphatic heterocycles. The summed E-state index contributed by atoms with van der Waals surface area (Å²) in [5.41, 5.74) is 2.45. The van der Waals surface area contributed by atoms with Crippen LogP contribution >= 0.6 is 11.6 Å². The number of benzene rings is 1. The molecule has 6 nitrogen and oxygen atoms in total. The maximum atomic E-state index is 13.3. The zero-order chi connectivity index (χ0) is 18.1. The Morgan fingerprint density at radius 3 is 2.48 bits per heavy atom. The van der Waals surface area contributed by atoms with Crippen LogP contribution in [0.5, 0.6) is 0 Å². The Balaban J connectivity index is 2.03. The monoisotopic (exact) mass is 360 g/mol. The highest BCUT2D eigenvalue weighted by atomic mass is 35.5. The number of hydrogen-bond donors (Lipinski definition) is 1. The van der Waals surface area contributed by atoms with Crippen LogP contribution in [-0.2, 0) is 0 Å². The molecular weight excluding hydrogens is 343 g/mol. The third-order valence-corrected chi connectivity index (χ3v) is 3.84. The summed E-state index contributed by atoms with van der Waals surface area (Å²) in [6.07, 6.45) is 0. The first-order chi connectivity index (χ1) is 11.8. The van der Waals surface area contributed by atoms with Crippen molar-refractivity contribution >= 4 is 28.9 Å². The van der Waals surface area contributed by atoms with Gasteiger partial charge in [-0.05, 0) is 38.1 Å². The lowest BCUT2D eigenvalue weighted by Crippen LogP contribution is -2.15. The molecule has 3 rings (SSSR count). The van der Waals surface area contributed by atoms with Gasteiger partial charge in [-0.1, -0.05) is 11.6 Å². The Hall–Kier alpha value is -2.67. The third-order valence-electron chi connectivity index (χ3n) is 3.55. The molecule has 0 unspecified atom stereocenters. The summed E-state index contributed by atoms with van der Waals surface area (Å²) in [6.45, 7) is 3.86. The minimum absolute atomic E-state index is 0.0469. The maximum Gasteiger partial charge on any atom is 0.254 e. The normalized spacial score (nSPS) is 10.8. The molecule has 0 saturated heterocycles. The van der Waals surface area contributed by atoms with E-state index in [1.54, 1.807) is 16.8 Å². The second-order valence-corrected chi connectivity index (χ2v) is 6.31. The highest BCUT2D eigenvalue weighted by molar-refractivity contribution is 6.31. The molecule has 0 spiro atoms. The van der Waals surface area contributed by atoms with Crippen molar-refractivity contribution in [2.24, 2.45) is 0 Å². The molecular formula is C17H18ClFN6. The smallest absolute Gasteiger partial charge is 0.254 e. The van der Waals surface area contributed by atoms with Crippen molar-refractivity contribution in [3.63, 3.8) is 0 Å². The average Bonchev–Trinajstić information content (AvgIpc) is 2.89. The molecule has 0 atom stereocenters. The number of rotatable bonds is 4. The lowest BCUT2D eigenvalue weighted by Gasteiger charge is -2.15. The Bertz CT molecular complexity index is 921. The van der Waals surface area contributed by atoms with Gasteiger partial charge in [-0.2, -0.15) is 15.1 Å². The Labute approximate surface area is 150 Å². The van der Waals surface area contributed by atoms with E-state index in [2.05, 4.69) is 20.4 Å². The SMILES string of the molecule is Cc1cc(C)n(-c2nc(Nc3ccc(F)c(Cl)c3)cc(N(C)C)n2)n1. The summed E-state index contributed by atoms with van der Waals surface area (Å²) in [5.74, 6) is 1.26. The molecule has 2 aromatic heterocycles. The fourth-order valence-corrected chi connectivity index (χ4v) is 2.54. The molecule has 0 saturated carbocycles. The van der Waals surface area contributed by atoms with E-state index in [1.165, 1.54) is 12.1 Å². The lowest BCUT2D eigenvalue weighted by atomic mass is 10.3. The standard InChI is InChI=1S/C17H18ClFN6/c1-10-7-11(2)25(23-10)17-21-15(9-16(22-17)24(3)4)20-12-5-6-14(19)13(18)8-12/h5-9H,1-4H3,(H,20,21,22). The van der Waals surface area contributed by atoms with Crippen molar-refractivity contribution in [2.75, 3.05) is 24.3 Å². The van der Waals surface area contributed by atoms with Crippen molar-refractivity contribution in [1.29, 1.82) is 0 Å². The van der Waals surface area contributed by atoms with Gasteiger partial charge in [0.2, 0.25) is 0 Å². The highest BCUT2D eigenvalue weighted by Gasteiger charge is 2.12. The number of nitrogens with zero attached hydrogens (tertiary/aromatic N) is 5. The van der Waals surface area contributed by atoms with Gasteiger partial charge in [0.25, 0.3) is 5.95 Å². The van der Waals surface area contributed by atoms with E-state index in [4.69, 9.17) is 11.6 Å². The molecule has 0 aliphatic rings. The summed E-state index contributed by atoms with van der Waals surface area (Å²) in [7, 11) is 3.79. The Kier molecular flexibility index (Phi) is 4.59. The van der Waals surface area contributed by atoms with E-state index >= 15 is 0 Å². The molecule has 0 radical (unpaired) electrons. The fourth-order valence-electron chi connectivity index (χ4n) is 2.36. The molecule has 1 N–H and O–H groups in total. The van der Waals surface area contributed by atoms with E-state index in [-0.39, 0.29) is 5.02 Å². The van der Waals surface area contributed by atoms with Crippen molar-refractivity contribution < 1.29 is 4.39 Å². The minimum Gasteiger partial charge on any atom is -0.363 e. The number of hydrogen-bond acceptors (Lipinski definition) is 5. The predicted octanol–water partition coefficient (Wildman–Crippen LogP) is 3.88. The molecule has 0 fully saturated rings. The Morgan fingerprint density at radius 1 is 1.12 bits per heavy atom. The van der Waals surface area contributed by atoms with Crippen LogP contribution in [0.3, 0.4) is 0 Å². The second kappa shape index (κ2) is 6.68. The number of aryl methyl sites for hydroxylation is 2. The molecule has 0 amide bonds. The molecule has 8 heteroatoms. The van der Waals surface area contributed by atoms with Crippen LogP contribution < -0.4 is 10.2 Å². The molecule has 0 aliphatic carbocycles. The first-order valence-corrected chi connectivity index (χ1v) is 8.03. The van der Waals surface area contributed by atoms with Gasteiger partial charge in [0, 0.05) is 31.5 Å². The molecule has 130 valence electrons. The first-order valence-electron chi connectivity index (χ1n) is 7.65. The van der Waals surface area contributed by atoms with Gasteiger partial charge in [0.15, 0.2) is 0 Å². The molecule has 2 heterocycles.